The fraction of sp³-hybridized carbons (Fsp3) is 0.354. The van der Waals surface area contributed by atoms with E-state index < -0.39 is 61.3 Å². The van der Waals surface area contributed by atoms with Gasteiger partial charge in [0.05, 0.1) is 46.2 Å². The van der Waals surface area contributed by atoms with Crippen molar-refractivity contribution >= 4 is 5.97 Å². The second kappa shape index (κ2) is 22.0. The summed E-state index contributed by atoms with van der Waals surface area (Å²) in [7, 11) is 0. The molecule has 11 heteroatoms. The van der Waals surface area contributed by atoms with Crippen molar-refractivity contribution in [3.63, 3.8) is 0 Å². The highest BCUT2D eigenvalue weighted by molar-refractivity contribution is 5.66. The van der Waals surface area contributed by atoms with Gasteiger partial charge in [0.2, 0.25) is 0 Å². The number of benzene rings is 5. The molecule has 0 unspecified atom stereocenters. The summed E-state index contributed by atoms with van der Waals surface area (Å²) < 4.78 is 57.8. The van der Waals surface area contributed by atoms with Crippen molar-refractivity contribution in [2.24, 2.45) is 0 Å². The van der Waals surface area contributed by atoms with Gasteiger partial charge in [-0.05, 0) is 27.8 Å². The Bertz CT molecular complexity index is 1940. The number of carbonyl (C=O) groups is 1. The lowest BCUT2D eigenvalue weighted by Gasteiger charge is -2.46. The Balaban J connectivity index is 1.17. The number of rotatable bonds is 20. The molecule has 0 radical (unpaired) electrons. The van der Waals surface area contributed by atoms with E-state index in [1.54, 1.807) is 0 Å². The SMILES string of the molecule is CC(=O)O[C@@H]1[C@@H](O[C@H]2[C@H](OCc3ccccc3)[C@@H](COCc3ccccc3)O[C@@H]2O)O[C@H](COCc2ccccc2)[C@@H](OCc2ccccc2)[C@@H]1OCc1ccccc1. The smallest absolute Gasteiger partial charge is 0.303 e. The third-order valence-corrected chi connectivity index (χ3v) is 10.1. The largest absolute Gasteiger partial charge is 0.454 e. The lowest BCUT2D eigenvalue weighted by molar-refractivity contribution is -0.340. The van der Waals surface area contributed by atoms with Crippen molar-refractivity contribution in [1.29, 1.82) is 0 Å². The Morgan fingerprint density at radius 2 is 0.831 bits per heavy atom. The van der Waals surface area contributed by atoms with Crippen LogP contribution in [0.3, 0.4) is 0 Å². The second-order valence-corrected chi connectivity index (χ2v) is 14.6. The van der Waals surface area contributed by atoms with E-state index in [9.17, 15) is 9.90 Å². The first-order valence-electron chi connectivity index (χ1n) is 20.0. The van der Waals surface area contributed by atoms with Crippen molar-refractivity contribution in [2.75, 3.05) is 13.2 Å². The van der Waals surface area contributed by atoms with Crippen molar-refractivity contribution < 1.29 is 52.5 Å². The number of hydrogen-bond donors (Lipinski definition) is 1. The normalized spacial score (nSPS) is 25.4. The molecule has 5 aromatic carbocycles. The molecule has 11 nitrogen and oxygen atoms in total. The van der Waals surface area contributed by atoms with Crippen LogP contribution in [0.1, 0.15) is 34.7 Å². The summed E-state index contributed by atoms with van der Waals surface area (Å²) in [5.74, 6) is -0.576. The van der Waals surface area contributed by atoms with Crippen LogP contribution in [0.2, 0.25) is 0 Å². The standard InChI is InChI=1S/C48H52O11/c1-34(49)56-46-44(55-31-39-25-15-6-16-26-39)42(53-29-37-21-11-4-12-22-37)41(33-52-28-36-19-9-3-10-20-36)58-48(46)59-45-43(54-30-38-23-13-5-14-24-38)40(57-47(45)50)32-51-27-35-17-7-2-8-18-35/h2-26,40-48,50H,27-33H2,1H3/t40-,41-,42-,43-,44+,45+,46+,47+,48-/m1/s1. The van der Waals surface area contributed by atoms with Crippen LogP contribution in [-0.4, -0.2) is 79.6 Å². The highest BCUT2D eigenvalue weighted by Crippen LogP contribution is 2.35. The zero-order chi connectivity index (χ0) is 40.7. The van der Waals surface area contributed by atoms with Gasteiger partial charge >= 0.3 is 5.97 Å². The summed E-state index contributed by atoms with van der Waals surface area (Å²) in [6.45, 7) is 2.78. The molecule has 0 bridgehead atoms. The van der Waals surface area contributed by atoms with Gasteiger partial charge in [-0.25, -0.2) is 0 Å². The lowest BCUT2D eigenvalue weighted by Crippen LogP contribution is -2.63. The molecule has 0 aliphatic carbocycles. The van der Waals surface area contributed by atoms with Crippen LogP contribution in [0.5, 0.6) is 0 Å². The molecule has 0 saturated carbocycles. The minimum atomic E-state index is -1.44. The second-order valence-electron chi connectivity index (χ2n) is 14.6. The number of aliphatic hydroxyl groups is 1. The molecule has 5 aromatic rings. The highest BCUT2D eigenvalue weighted by Gasteiger charge is 2.54. The topological polar surface area (TPSA) is 120 Å². The third-order valence-electron chi connectivity index (χ3n) is 10.1. The first kappa shape index (κ1) is 42.3. The maximum Gasteiger partial charge on any atom is 0.303 e. The van der Waals surface area contributed by atoms with E-state index in [0.29, 0.717) is 13.2 Å². The van der Waals surface area contributed by atoms with Gasteiger partial charge in [-0.15, -0.1) is 0 Å². The number of hydrogen-bond acceptors (Lipinski definition) is 11. The van der Waals surface area contributed by atoms with Crippen LogP contribution < -0.4 is 0 Å². The van der Waals surface area contributed by atoms with Gasteiger partial charge in [0, 0.05) is 6.92 Å². The fourth-order valence-electron chi connectivity index (χ4n) is 7.21. The number of carbonyl (C=O) groups excluding carboxylic acids is 1. The summed E-state index contributed by atoms with van der Waals surface area (Å²) in [6.07, 6.45) is -8.92. The van der Waals surface area contributed by atoms with Crippen LogP contribution in [0.15, 0.2) is 152 Å². The Morgan fingerprint density at radius 3 is 1.24 bits per heavy atom. The van der Waals surface area contributed by atoms with Gasteiger partial charge < -0.3 is 47.7 Å². The van der Waals surface area contributed by atoms with Gasteiger partial charge in [0.1, 0.15) is 36.6 Å². The summed E-state index contributed by atoms with van der Waals surface area (Å²) >= 11 is 0. The average molecular weight is 805 g/mol. The molecular weight excluding hydrogens is 753 g/mol. The molecule has 2 heterocycles. The number of ether oxygens (including phenoxy) is 9. The van der Waals surface area contributed by atoms with E-state index in [0.717, 1.165) is 27.8 Å². The zero-order valence-electron chi connectivity index (χ0n) is 33.1. The minimum absolute atomic E-state index is 0.0831. The molecular formula is C48H52O11. The van der Waals surface area contributed by atoms with Gasteiger partial charge in [-0.1, -0.05) is 152 Å². The third kappa shape index (κ3) is 12.4. The number of aliphatic hydroxyl groups excluding tert-OH is 1. The Hall–Kier alpha value is -4.79. The maximum atomic E-state index is 12.9. The number of esters is 1. The molecule has 2 saturated heterocycles. The molecule has 59 heavy (non-hydrogen) atoms. The van der Waals surface area contributed by atoms with E-state index in [1.165, 1.54) is 6.92 Å². The Morgan fingerprint density at radius 1 is 0.475 bits per heavy atom. The first-order chi connectivity index (χ1) is 29.0. The summed E-state index contributed by atoms with van der Waals surface area (Å²) in [6, 6.07) is 48.8. The van der Waals surface area contributed by atoms with Gasteiger partial charge in [0.15, 0.2) is 18.7 Å². The first-order valence-corrected chi connectivity index (χ1v) is 20.0. The van der Waals surface area contributed by atoms with Crippen LogP contribution in [0, 0.1) is 0 Å². The molecule has 2 aliphatic rings. The van der Waals surface area contributed by atoms with E-state index >= 15 is 0 Å². The van der Waals surface area contributed by atoms with Crippen LogP contribution in [-0.2, 0) is 80.5 Å². The zero-order valence-corrected chi connectivity index (χ0v) is 33.1. The minimum Gasteiger partial charge on any atom is -0.454 e. The molecule has 2 aliphatic heterocycles. The predicted molar refractivity (Wildman–Crippen MR) is 217 cm³/mol. The van der Waals surface area contributed by atoms with Gasteiger partial charge in [-0.2, -0.15) is 0 Å². The van der Waals surface area contributed by atoms with Crippen LogP contribution in [0.4, 0.5) is 0 Å². The average Bonchev–Trinajstić information content (AvgIpc) is 3.56. The van der Waals surface area contributed by atoms with Crippen molar-refractivity contribution in [1.82, 2.24) is 0 Å². The summed E-state index contributed by atoms with van der Waals surface area (Å²) in [5, 5.41) is 11.5. The van der Waals surface area contributed by atoms with E-state index in [1.807, 2.05) is 152 Å². The predicted octanol–water partition coefficient (Wildman–Crippen LogP) is 6.94. The monoisotopic (exact) mass is 804 g/mol. The molecule has 2 fully saturated rings. The summed E-state index contributed by atoms with van der Waals surface area (Å²) in [5.41, 5.74) is 4.74. The fourth-order valence-corrected chi connectivity index (χ4v) is 7.21. The highest BCUT2D eigenvalue weighted by atomic mass is 16.8. The molecule has 0 amide bonds. The molecule has 310 valence electrons. The summed E-state index contributed by atoms with van der Waals surface area (Å²) in [4.78, 5) is 12.9. The molecule has 0 spiro atoms. The van der Waals surface area contributed by atoms with Gasteiger partial charge in [0.25, 0.3) is 0 Å². The van der Waals surface area contributed by atoms with Crippen molar-refractivity contribution in [3.05, 3.63) is 179 Å². The Labute approximate surface area is 345 Å². The maximum absolute atomic E-state index is 12.9. The van der Waals surface area contributed by atoms with Gasteiger partial charge in [-0.3, -0.25) is 4.79 Å². The van der Waals surface area contributed by atoms with E-state index in [-0.39, 0.29) is 33.0 Å². The lowest BCUT2D eigenvalue weighted by atomic mass is 9.97. The Kier molecular flexibility index (Phi) is 15.8. The molecule has 7 rings (SSSR count). The van der Waals surface area contributed by atoms with E-state index in [4.69, 9.17) is 42.6 Å². The molecule has 9 atom stereocenters. The molecule has 0 aromatic heterocycles. The quantitative estimate of drug-likeness (QED) is 0.0825. The van der Waals surface area contributed by atoms with Crippen molar-refractivity contribution in [3.8, 4) is 0 Å². The van der Waals surface area contributed by atoms with E-state index in [2.05, 4.69) is 0 Å². The van der Waals surface area contributed by atoms with Crippen molar-refractivity contribution in [2.45, 2.75) is 95.3 Å². The van der Waals surface area contributed by atoms with Crippen LogP contribution in [0.25, 0.3) is 0 Å². The van der Waals surface area contributed by atoms with Crippen LogP contribution >= 0.6 is 0 Å². The molecule has 1 N–H and O–H groups in total.